The van der Waals surface area contributed by atoms with Crippen LogP contribution in [-0.4, -0.2) is 36.5 Å². The van der Waals surface area contributed by atoms with Gasteiger partial charge in [-0.25, -0.2) is 0 Å². The van der Waals surface area contributed by atoms with Gasteiger partial charge in [0.15, 0.2) is 0 Å². The fourth-order valence-corrected chi connectivity index (χ4v) is 3.20. The highest BCUT2D eigenvalue weighted by Gasteiger charge is 2.27. The molecule has 4 nitrogen and oxygen atoms in total. The number of hydrogen-bond acceptors (Lipinski definition) is 3. The molecule has 94 valence electrons. The Balaban J connectivity index is 2.27. The zero-order chi connectivity index (χ0) is 13.1. The Kier molecular flexibility index (Phi) is 4.38. The first-order valence-corrected chi connectivity index (χ1v) is 7.08. The molecule has 1 aliphatic heterocycles. The summed E-state index contributed by atoms with van der Waals surface area (Å²) in [6.45, 7) is 1.80. The van der Waals surface area contributed by atoms with Gasteiger partial charge >= 0.3 is 0 Å². The average molecular weight is 373 g/mol. The van der Waals surface area contributed by atoms with E-state index in [2.05, 4.69) is 43.2 Å². The van der Waals surface area contributed by atoms with E-state index in [1.165, 1.54) is 0 Å². The van der Waals surface area contributed by atoms with Gasteiger partial charge in [-0.1, -0.05) is 31.9 Å². The first kappa shape index (κ1) is 13.5. The number of amides is 1. The monoisotopic (exact) mass is 371 g/mol. The molecule has 0 saturated carbocycles. The molecule has 0 aromatic heterocycles. The van der Waals surface area contributed by atoms with Crippen LogP contribution in [0.3, 0.4) is 0 Å². The molecule has 2 rings (SSSR count). The number of piperazine rings is 1. The van der Waals surface area contributed by atoms with Crippen LogP contribution in [-0.2, 0) is 0 Å². The van der Waals surface area contributed by atoms with Crippen molar-refractivity contribution in [1.29, 1.82) is 5.26 Å². The van der Waals surface area contributed by atoms with Crippen LogP contribution < -0.4 is 5.32 Å². The molecular formula is C12H11Br2N3O. The number of nitrogens with zero attached hydrogens (tertiary/aromatic N) is 2. The first-order chi connectivity index (χ1) is 8.61. The van der Waals surface area contributed by atoms with Gasteiger partial charge in [-0.3, -0.25) is 4.79 Å². The van der Waals surface area contributed by atoms with Crippen LogP contribution in [0.1, 0.15) is 10.4 Å². The Hall–Kier alpha value is -0.900. The number of nitrogens with one attached hydrogen (secondary N) is 1. The lowest BCUT2D eigenvalue weighted by atomic mass is 10.1. The second-order valence-corrected chi connectivity index (χ2v) is 5.84. The maximum Gasteiger partial charge on any atom is 0.255 e. The third kappa shape index (κ3) is 2.91. The van der Waals surface area contributed by atoms with Gasteiger partial charge in [0.1, 0.15) is 6.04 Å². The molecule has 1 N–H and O–H groups in total. The Morgan fingerprint density at radius 2 is 2.06 bits per heavy atom. The van der Waals surface area contributed by atoms with E-state index in [1.54, 1.807) is 17.0 Å². The quantitative estimate of drug-likeness (QED) is 0.821. The van der Waals surface area contributed by atoms with E-state index in [0.717, 1.165) is 15.5 Å². The zero-order valence-corrected chi connectivity index (χ0v) is 12.7. The van der Waals surface area contributed by atoms with E-state index in [1.807, 2.05) is 6.07 Å². The summed E-state index contributed by atoms with van der Waals surface area (Å²) in [5, 5.41) is 12.2. The Morgan fingerprint density at radius 3 is 2.67 bits per heavy atom. The maximum atomic E-state index is 12.4. The zero-order valence-electron chi connectivity index (χ0n) is 9.49. The molecule has 0 aliphatic carbocycles. The molecule has 6 heteroatoms. The predicted octanol–water partition coefficient (Wildman–Crippen LogP) is 2.15. The minimum absolute atomic E-state index is 0.106. The smallest absolute Gasteiger partial charge is 0.255 e. The van der Waals surface area contributed by atoms with Crippen molar-refractivity contribution in [3.05, 3.63) is 32.7 Å². The lowest BCUT2D eigenvalue weighted by Crippen LogP contribution is -2.53. The molecule has 1 atom stereocenters. The molecule has 0 radical (unpaired) electrons. The fraction of sp³-hybridized carbons (Fsp3) is 0.333. The highest BCUT2D eigenvalue weighted by Crippen LogP contribution is 2.22. The third-order valence-corrected chi connectivity index (χ3v) is 3.68. The van der Waals surface area contributed by atoms with E-state index >= 15 is 0 Å². The number of rotatable bonds is 1. The van der Waals surface area contributed by atoms with Crippen LogP contribution in [0.5, 0.6) is 0 Å². The fourth-order valence-electron chi connectivity index (χ4n) is 1.91. The van der Waals surface area contributed by atoms with Crippen molar-refractivity contribution >= 4 is 37.8 Å². The lowest BCUT2D eigenvalue weighted by Gasteiger charge is -2.32. The predicted molar refractivity (Wildman–Crippen MR) is 75.1 cm³/mol. The second kappa shape index (κ2) is 5.83. The summed E-state index contributed by atoms with van der Waals surface area (Å²) in [5.74, 6) is -0.106. The summed E-state index contributed by atoms with van der Waals surface area (Å²) in [4.78, 5) is 14.0. The van der Waals surface area contributed by atoms with Crippen LogP contribution in [0, 0.1) is 11.3 Å². The topological polar surface area (TPSA) is 56.1 Å². The Bertz CT molecular complexity index is 492. The number of nitriles is 1. The summed E-state index contributed by atoms with van der Waals surface area (Å²) in [7, 11) is 0. The summed E-state index contributed by atoms with van der Waals surface area (Å²) in [6, 6.07) is 7.16. The number of hydrogen-bond donors (Lipinski definition) is 1. The van der Waals surface area contributed by atoms with Crippen LogP contribution in [0.25, 0.3) is 0 Å². The van der Waals surface area contributed by atoms with Crippen LogP contribution in [0.15, 0.2) is 27.1 Å². The van der Waals surface area contributed by atoms with Crippen molar-refractivity contribution in [3.63, 3.8) is 0 Å². The van der Waals surface area contributed by atoms with Crippen molar-refractivity contribution < 1.29 is 4.79 Å². The van der Waals surface area contributed by atoms with Crippen LogP contribution in [0.4, 0.5) is 0 Å². The van der Waals surface area contributed by atoms with Gasteiger partial charge in [0.25, 0.3) is 5.91 Å². The molecule has 1 fully saturated rings. The lowest BCUT2D eigenvalue weighted by molar-refractivity contribution is 0.0687. The number of carbonyl (C=O) groups is 1. The number of carbonyl (C=O) groups excluding carboxylic acids is 1. The van der Waals surface area contributed by atoms with Gasteiger partial charge in [0, 0.05) is 34.1 Å². The highest BCUT2D eigenvalue weighted by molar-refractivity contribution is 9.11. The maximum absolute atomic E-state index is 12.4. The average Bonchev–Trinajstić information content (AvgIpc) is 2.36. The van der Waals surface area contributed by atoms with E-state index < -0.39 is 6.04 Å². The van der Waals surface area contributed by atoms with E-state index in [9.17, 15) is 4.79 Å². The van der Waals surface area contributed by atoms with Crippen molar-refractivity contribution in [3.8, 4) is 6.07 Å². The largest absolute Gasteiger partial charge is 0.320 e. The van der Waals surface area contributed by atoms with Gasteiger partial charge in [-0.05, 0) is 18.2 Å². The summed E-state index contributed by atoms with van der Waals surface area (Å²) >= 11 is 6.72. The van der Waals surface area contributed by atoms with Crippen molar-refractivity contribution in [2.45, 2.75) is 6.04 Å². The molecule has 18 heavy (non-hydrogen) atoms. The van der Waals surface area contributed by atoms with E-state index in [-0.39, 0.29) is 5.91 Å². The molecule has 1 aromatic carbocycles. The molecule has 1 amide bonds. The van der Waals surface area contributed by atoms with Gasteiger partial charge in [-0.2, -0.15) is 5.26 Å². The minimum atomic E-state index is -0.399. The Morgan fingerprint density at radius 1 is 1.39 bits per heavy atom. The standard InChI is InChI=1S/C12H11Br2N3O/c13-9-3-8(4-10(14)5-9)12(18)17-2-1-16-7-11(17)6-15/h3-5,11,16H,1-2,7H2. The second-order valence-electron chi connectivity index (χ2n) is 4.01. The molecule has 1 saturated heterocycles. The van der Waals surface area contributed by atoms with Gasteiger partial charge in [0.2, 0.25) is 0 Å². The number of halogens is 2. The Labute approximate surface area is 122 Å². The summed E-state index contributed by atoms with van der Waals surface area (Å²) in [5.41, 5.74) is 0.582. The van der Waals surface area contributed by atoms with Crippen LogP contribution in [0.2, 0.25) is 0 Å². The number of benzene rings is 1. The van der Waals surface area contributed by atoms with Gasteiger partial charge in [0.05, 0.1) is 6.07 Å². The third-order valence-electron chi connectivity index (χ3n) is 2.76. The van der Waals surface area contributed by atoms with Crippen LogP contribution >= 0.6 is 31.9 Å². The van der Waals surface area contributed by atoms with Crippen molar-refractivity contribution in [1.82, 2.24) is 10.2 Å². The normalized spacial score (nSPS) is 19.4. The molecule has 1 unspecified atom stereocenters. The molecule has 0 spiro atoms. The van der Waals surface area contributed by atoms with Crippen molar-refractivity contribution in [2.24, 2.45) is 0 Å². The van der Waals surface area contributed by atoms with E-state index in [0.29, 0.717) is 18.7 Å². The summed E-state index contributed by atoms with van der Waals surface area (Å²) in [6.07, 6.45) is 0. The van der Waals surface area contributed by atoms with Gasteiger partial charge < -0.3 is 10.2 Å². The molecule has 0 bridgehead atoms. The van der Waals surface area contributed by atoms with Crippen molar-refractivity contribution in [2.75, 3.05) is 19.6 Å². The van der Waals surface area contributed by atoms with Gasteiger partial charge in [-0.15, -0.1) is 0 Å². The molecule has 1 aliphatic rings. The molecular weight excluding hydrogens is 362 g/mol. The summed E-state index contributed by atoms with van der Waals surface area (Å²) < 4.78 is 1.67. The first-order valence-electron chi connectivity index (χ1n) is 5.49. The minimum Gasteiger partial charge on any atom is -0.320 e. The molecule has 1 aromatic rings. The van der Waals surface area contributed by atoms with E-state index in [4.69, 9.17) is 5.26 Å². The highest BCUT2D eigenvalue weighted by atomic mass is 79.9. The molecule has 1 heterocycles. The SMILES string of the molecule is N#CC1CNCCN1C(=O)c1cc(Br)cc(Br)c1.